The molecule has 144 valence electrons. The Balaban J connectivity index is 1.56. The Morgan fingerprint density at radius 3 is 2.40 bits per heavy atom. The topological polar surface area (TPSA) is 20.2 Å². The zero-order chi connectivity index (χ0) is 17.8. The van der Waals surface area contributed by atoms with Crippen molar-refractivity contribution in [1.82, 2.24) is 0 Å². The van der Waals surface area contributed by atoms with Crippen LogP contribution in [-0.4, -0.2) is 11.2 Å². The normalized spacial score (nSPS) is 53.6. The van der Waals surface area contributed by atoms with Gasteiger partial charge in [-0.3, -0.25) is 0 Å². The molecular formula is C24H42O. The van der Waals surface area contributed by atoms with Crippen molar-refractivity contribution < 1.29 is 5.11 Å². The highest BCUT2D eigenvalue weighted by Gasteiger charge is 2.60. The second kappa shape index (κ2) is 6.54. The van der Waals surface area contributed by atoms with E-state index in [1.54, 1.807) is 0 Å². The highest BCUT2D eigenvalue weighted by Crippen LogP contribution is 2.68. The zero-order valence-corrected chi connectivity index (χ0v) is 17.3. The van der Waals surface area contributed by atoms with Gasteiger partial charge in [0.25, 0.3) is 0 Å². The van der Waals surface area contributed by atoms with E-state index in [0.717, 1.165) is 48.3 Å². The molecule has 4 saturated carbocycles. The molecule has 4 fully saturated rings. The third kappa shape index (κ3) is 2.74. The van der Waals surface area contributed by atoms with Crippen LogP contribution in [0.5, 0.6) is 0 Å². The van der Waals surface area contributed by atoms with Crippen molar-refractivity contribution in [1.29, 1.82) is 0 Å². The summed E-state index contributed by atoms with van der Waals surface area (Å²) >= 11 is 0. The van der Waals surface area contributed by atoms with Crippen LogP contribution in [0.1, 0.15) is 98.3 Å². The molecule has 0 spiro atoms. The number of aliphatic hydroxyl groups excluding tert-OH is 1. The predicted molar refractivity (Wildman–Crippen MR) is 105 cm³/mol. The first kappa shape index (κ1) is 18.3. The molecule has 0 heterocycles. The molecule has 0 amide bonds. The number of hydrogen-bond donors (Lipinski definition) is 1. The van der Waals surface area contributed by atoms with E-state index in [1.807, 2.05) is 0 Å². The van der Waals surface area contributed by atoms with Gasteiger partial charge in [0.2, 0.25) is 0 Å². The highest BCUT2D eigenvalue weighted by molar-refractivity contribution is 5.09. The molecule has 4 aliphatic rings. The van der Waals surface area contributed by atoms with E-state index in [1.165, 1.54) is 57.8 Å². The van der Waals surface area contributed by atoms with Crippen LogP contribution in [0.4, 0.5) is 0 Å². The van der Waals surface area contributed by atoms with E-state index in [4.69, 9.17) is 0 Å². The molecule has 0 saturated heterocycles. The Kier molecular flexibility index (Phi) is 4.79. The number of fused-ring (bicyclic) bond motifs is 5. The van der Waals surface area contributed by atoms with Crippen LogP contribution in [0.2, 0.25) is 0 Å². The number of aliphatic hydroxyl groups is 1. The van der Waals surface area contributed by atoms with Crippen molar-refractivity contribution >= 4 is 0 Å². The number of rotatable bonds is 3. The molecule has 9 atom stereocenters. The van der Waals surface area contributed by atoms with Crippen LogP contribution in [0, 0.1) is 46.3 Å². The molecule has 0 aromatic heterocycles. The summed E-state index contributed by atoms with van der Waals surface area (Å²) < 4.78 is 0. The second-order valence-corrected chi connectivity index (χ2v) is 11.1. The van der Waals surface area contributed by atoms with Gasteiger partial charge in [0.1, 0.15) is 0 Å². The fourth-order valence-corrected chi connectivity index (χ4v) is 8.87. The van der Waals surface area contributed by atoms with Gasteiger partial charge in [-0.15, -0.1) is 0 Å². The third-order valence-corrected chi connectivity index (χ3v) is 10.1. The van der Waals surface area contributed by atoms with E-state index < -0.39 is 0 Å². The molecule has 1 N–H and O–H groups in total. The van der Waals surface area contributed by atoms with Gasteiger partial charge in [-0.1, -0.05) is 40.5 Å². The largest absolute Gasteiger partial charge is 0.393 e. The molecular weight excluding hydrogens is 304 g/mol. The van der Waals surface area contributed by atoms with E-state index in [2.05, 4.69) is 27.7 Å². The first-order valence-corrected chi connectivity index (χ1v) is 11.6. The van der Waals surface area contributed by atoms with Gasteiger partial charge in [0.05, 0.1) is 6.10 Å². The highest BCUT2D eigenvalue weighted by atomic mass is 16.3. The summed E-state index contributed by atoms with van der Waals surface area (Å²) in [5.41, 5.74) is 1.17. The van der Waals surface area contributed by atoms with Crippen LogP contribution < -0.4 is 0 Å². The smallest absolute Gasteiger partial charge is 0.0543 e. The maximum Gasteiger partial charge on any atom is 0.0543 e. The minimum absolute atomic E-state index is 0.00534. The van der Waals surface area contributed by atoms with Gasteiger partial charge >= 0.3 is 0 Å². The van der Waals surface area contributed by atoms with Gasteiger partial charge in [0.15, 0.2) is 0 Å². The first-order chi connectivity index (χ1) is 11.9. The predicted octanol–water partition coefficient (Wildman–Crippen LogP) is 6.44. The van der Waals surface area contributed by atoms with Gasteiger partial charge in [0, 0.05) is 0 Å². The van der Waals surface area contributed by atoms with Crippen LogP contribution in [0.15, 0.2) is 0 Å². The molecule has 0 aromatic carbocycles. The van der Waals surface area contributed by atoms with E-state index >= 15 is 0 Å². The molecule has 1 heteroatoms. The molecule has 4 rings (SSSR count). The Bertz CT molecular complexity index is 486. The quantitative estimate of drug-likeness (QED) is 0.623. The van der Waals surface area contributed by atoms with Crippen molar-refractivity contribution in [2.75, 3.05) is 0 Å². The zero-order valence-electron chi connectivity index (χ0n) is 17.3. The van der Waals surface area contributed by atoms with E-state index in [9.17, 15) is 5.11 Å². The maximum absolute atomic E-state index is 10.2. The summed E-state index contributed by atoms with van der Waals surface area (Å²) in [6, 6.07) is 0. The van der Waals surface area contributed by atoms with Crippen molar-refractivity contribution in [3.8, 4) is 0 Å². The van der Waals surface area contributed by atoms with Gasteiger partial charge in [-0.2, -0.15) is 0 Å². The summed E-state index contributed by atoms with van der Waals surface area (Å²) in [5.74, 6) is 5.66. The maximum atomic E-state index is 10.2. The standard InChI is InChI=1S/C24H42O/c1-5-6-16(2)20-9-10-21-19-8-7-17-15-18(25)11-13-23(17,3)22(19)12-14-24(20,21)4/h16-22,25H,5-15H2,1-4H3/t16-,17-,18-,19+,20-,21+,22?,23+,24-/m1/s1. The van der Waals surface area contributed by atoms with Crippen molar-refractivity contribution in [2.45, 2.75) is 104 Å². The lowest BCUT2D eigenvalue weighted by molar-refractivity contribution is -0.129. The fraction of sp³-hybridized carbons (Fsp3) is 1.00. The van der Waals surface area contributed by atoms with Crippen molar-refractivity contribution in [2.24, 2.45) is 46.3 Å². The molecule has 0 aliphatic heterocycles. The Hall–Kier alpha value is -0.0400. The summed E-state index contributed by atoms with van der Waals surface area (Å²) in [6.45, 7) is 10.2. The lowest BCUT2D eigenvalue weighted by atomic mass is 9.44. The van der Waals surface area contributed by atoms with Crippen LogP contribution in [0.25, 0.3) is 0 Å². The monoisotopic (exact) mass is 346 g/mol. The Morgan fingerprint density at radius 2 is 1.64 bits per heavy atom. The molecule has 1 nitrogen and oxygen atoms in total. The minimum atomic E-state index is -0.00534. The fourth-order valence-electron chi connectivity index (χ4n) is 8.87. The average molecular weight is 347 g/mol. The summed E-state index contributed by atoms with van der Waals surface area (Å²) in [6.07, 6.45) is 15.1. The van der Waals surface area contributed by atoms with Gasteiger partial charge in [-0.05, 0) is 104 Å². The molecule has 25 heavy (non-hydrogen) atoms. The summed E-state index contributed by atoms with van der Waals surface area (Å²) in [7, 11) is 0. The van der Waals surface area contributed by atoms with Gasteiger partial charge < -0.3 is 5.11 Å². The molecule has 1 unspecified atom stereocenters. The summed E-state index contributed by atoms with van der Waals surface area (Å²) in [5, 5.41) is 10.2. The van der Waals surface area contributed by atoms with Crippen LogP contribution in [-0.2, 0) is 0 Å². The Morgan fingerprint density at radius 1 is 0.920 bits per heavy atom. The third-order valence-electron chi connectivity index (χ3n) is 10.1. The SMILES string of the molecule is CCC[C@@H](C)[C@H]1CC[C@H]2[C@@H]3CC[C@@H]4C[C@H](O)CC[C@]4(C)C3CC[C@]12C. The second-order valence-electron chi connectivity index (χ2n) is 11.1. The van der Waals surface area contributed by atoms with E-state index in [0.29, 0.717) is 10.8 Å². The van der Waals surface area contributed by atoms with Crippen molar-refractivity contribution in [3.05, 3.63) is 0 Å². The number of hydrogen-bond acceptors (Lipinski definition) is 1. The minimum Gasteiger partial charge on any atom is -0.393 e. The van der Waals surface area contributed by atoms with Crippen LogP contribution >= 0.6 is 0 Å². The lowest BCUT2D eigenvalue weighted by Gasteiger charge is -2.61. The average Bonchev–Trinajstić information content (AvgIpc) is 2.93. The lowest BCUT2D eigenvalue weighted by Crippen LogP contribution is -2.54. The summed E-state index contributed by atoms with van der Waals surface area (Å²) in [4.78, 5) is 0. The van der Waals surface area contributed by atoms with Gasteiger partial charge in [-0.25, -0.2) is 0 Å². The molecule has 0 radical (unpaired) electrons. The molecule has 0 bridgehead atoms. The molecule has 4 aliphatic carbocycles. The Labute approximate surface area is 156 Å². The van der Waals surface area contributed by atoms with Crippen molar-refractivity contribution in [3.63, 3.8) is 0 Å². The van der Waals surface area contributed by atoms with E-state index in [-0.39, 0.29) is 6.10 Å². The first-order valence-electron chi connectivity index (χ1n) is 11.6. The van der Waals surface area contributed by atoms with Crippen LogP contribution in [0.3, 0.4) is 0 Å². The molecule has 0 aromatic rings.